The topological polar surface area (TPSA) is 84.9 Å². The molecule has 2 amide bonds. The second kappa shape index (κ2) is 11.0. The lowest BCUT2D eigenvalue weighted by Gasteiger charge is -2.41. The molecular formula is C22H30N4O4S2. The Balaban J connectivity index is 1.60. The molecule has 1 fully saturated rings. The highest BCUT2D eigenvalue weighted by atomic mass is 32.2. The maximum atomic E-state index is 12.8. The maximum Gasteiger partial charge on any atom is 0.410 e. The molecule has 1 saturated heterocycles. The molecule has 0 bridgehead atoms. The number of thioether (sulfide) groups is 1. The van der Waals surface area contributed by atoms with Crippen molar-refractivity contribution < 1.29 is 19.1 Å². The van der Waals surface area contributed by atoms with Crippen molar-refractivity contribution in [1.82, 2.24) is 20.0 Å². The number of rotatable bonds is 6. The van der Waals surface area contributed by atoms with Crippen molar-refractivity contribution >= 4 is 35.3 Å². The standard InChI is InChI=1S/C22H30N4O4S2/c1-16-23-24-19(32-16)31-13-10-18-14-25(11-12-26(18)21(28)30-22(2,3)4)20(27)29-15-17-8-6-5-7-9-17/h5-9,18H,10-15H2,1-4H3/t18-/m1/s1. The van der Waals surface area contributed by atoms with E-state index < -0.39 is 5.60 Å². The average Bonchev–Trinajstić information content (AvgIpc) is 3.16. The van der Waals surface area contributed by atoms with Gasteiger partial charge in [0, 0.05) is 25.4 Å². The van der Waals surface area contributed by atoms with Gasteiger partial charge in [-0.15, -0.1) is 10.2 Å². The molecule has 1 atom stereocenters. The molecular weight excluding hydrogens is 448 g/mol. The summed E-state index contributed by atoms with van der Waals surface area (Å²) >= 11 is 3.16. The van der Waals surface area contributed by atoms with Crippen LogP contribution in [0, 0.1) is 6.92 Å². The molecule has 0 radical (unpaired) electrons. The minimum Gasteiger partial charge on any atom is -0.445 e. The van der Waals surface area contributed by atoms with Crippen LogP contribution in [0.4, 0.5) is 9.59 Å². The second-order valence-corrected chi connectivity index (χ2v) is 11.1. The van der Waals surface area contributed by atoms with E-state index in [0.717, 1.165) is 20.7 Å². The van der Waals surface area contributed by atoms with Gasteiger partial charge in [0.25, 0.3) is 0 Å². The molecule has 32 heavy (non-hydrogen) atoms. The highest BCUT2D eigenvalue weighted by Gasteiger charge is 2.35. The van der Waals surface area contributed by atoms with E-state index in [9.17, 15) is 9.59 Å². The van der Waals surface area contributed by atoms with Crippen LogP contribution in [0.3, 0.4) is 0 Å². The van der Waals surface area contributed by atoms with Gasteiger partial charge in [-0.3, -0.25) is 0 Å². The molecule has 2 heterocycles. The Labute approximate surface area is 197 Å². The number of aromatic nitrogens is 2. The summed E-state index contributed by atoms with van der Waals surface area (Å²) < 4.78 is 12.0. The third kappa shape index (κ3) is 7.37. The van der Waals surface area contributed by atoms with Crippen molar-refractivity contribution in [2.75, 3.05) is 25.4 Å². The SMILES string of the molecule is Cc1nnc(SCC[C@@H]2CN(C(=O)OCc3ccccc3)CCN2C(=O)OC(C)(C)C)s1. The van der Waals surface area contributed by atoms with E-state index in [0.29, 0.717) is 26.1 Å². The average molecular weight is 479 g/mol. The summed E-state index contributed by atoms with van der Waals surface area (Å²) in [6.45, 7) is 8.92. The molecule has 1 aromatic carbocycles. The van der Waals surface area contributed by atoms with E-state index in [1.54, 1.807) is 32.9 Å². The first kappa shape index (κ1) is 24.3. The third-order valence-electron chi connectivity index (χ3n) is 4.76. The van der Waals surface area contributed by atoms with Crippen LogP contribution in [0.1, 0.15) is 37.8 Å². The Kier molecular flexibility index (Phi) is 8.36. The molecule has 0 aliphatic carbocycles. The zero-order valence-corrected chi connectivity index (χ0v) is 20.6. The summed E-state index contributed by atoms with van der Waals surface area (Å²) in [4.78, 5) is 28.9. The van der Waals surface area contributed by atoms with Gasteiger partial charge in [0.05, 0.1) is 6.04 Å². The number of carbonyl (C=O) groups is 2. The van der Waals surface area contributed by atoms with E-state index in [2.05, 4.69) is 10.2 Å². The lowest BCUT2D eigenvalue weighted by Crippen LogP contribution is -2.57. The first-order valence-corrected chi connectivity index (χ1v) is 12.4. The zero-order valence-electron chi connectivity index (χ0n) is 18.9. The predicted molar refractivity (Wildman–Crippen MR) is 125 cm³/mol. The Morgan fingerprint density at radius 3 is 2.56 bits per heavy atom. The highest BCUT2D eigenvalue weighted by molar-refractivity contribution is 8.01. The molecule has 0 N–H and O–H groups in total. The molecule has 0 unspecified atom stereocenters. The van der Waals surface area contributed by atoms with Crippen LogP contribution in [0.15, 0.2) is 34.7 Å². The van der Waals surface area contributed by atoms with Gasteiger partial charge in [0.1, 0.15) is 17.2 Å². The smallest absolute Gasteiger partial charge is 0.410 e. The molecule has 2 aromatic rings. The summed E-state index contributed by atoms with van der Waals surface area (Å²) in [5.74, 6) is 0.755. The van der Waals surface area contributed by atoms with E-state index >= 15 is 0 Å². The molecule has 3 rings (SSSR count). The third-order valence-corrected chi connectivity index (χ3v) is 6.76. The number of carbonyl (C=O) groups excluding carboxylic acids is 2. The number of hydrogen-bond donors (Lipinski definition) is 0. The van der Waals surface area contributed by atoms with Crippen molar-refractivity contribution in [3.8, 4) is 0 Å². The Morgan fingerprint density at radius 1 is 1.16 bits per heavy atom. The van der Waals surface area contributed by atoms with Gasteiger partial charge in [-0.05, 0) is 39.7 Å². The van der Waals surface area contributed by atoms with Crippen LogP contribution in [0.2, 0.25) is 0 Å². The Bertz CT molecular complexity index is 901. The summed E-state index contributed by atoms with van der Waals surface area (Å²) in [5.41, 5.74) is 0.361. The molecule has 0 spiro atoms. The van der Waals surface area contributed by atoms with Crippen LogP contribution >= 0.6 is 23.1 Å². The number of ether oxygens (including phenoxy) is 2. The van der Waals surface area contributed by atoms with Gasteiger partial charge in [0.15, 0.2) is 4.34 Å². The minimum atomic E-state index is -0.577. The number of amides is 2. The van der Waals surface area contributed by atoms with E-state index in [1.165, 1.54) is 0 Å². The molecule has 0 saturated carbocycles. The predicted octanol–water partition coefficient (Wildman–Crippen LogP) is 4.59. The summed E-state index contributed by atoms with van der Waals surface area (Å²) in [5, 5.41) is 9.10. The molecule has 10 heteroatoms. The number of benzene rings is 1. The number of aryl methyl sites for hydroxylation is 1. The quantitative estimate of drug-likeness (QED) is 0.562. The zero-order chi connectivity index (χ0) is 23.1. The fraction of sp³-hybridized carbons (Fsp3) is 0.545. The van der Waals surface area contributed by atoms with Crippen molar-refractivity contribution in [2.24, 2.45) is 0 Å². The first-order chi connectivity index (χ1) is 15.2. The van der Waals surface area contributed by atoms with Crippen LogP contribution < -0.4 is 0 Å². The maximum absolute atomic E-state index is 12.8. The van der Waals surface area contributed by atoms with Crippen molar-refractivity contribution in [3.63, 3.8) is 0 Å². The summed E-state index contributed by atoms with van der Waals surface area (Å²) in [7, 11) is 0. The van der Waals surface area contributed by atoms with Crippen LogP contribution in [0.5, 0.6) is 0 Å². The lowest BCUT2D eigenvalue weighted by molar-refractivity contribution is -0.00349. The monoisotopic (exact) mass is 478 g/mol. The van der Waals surface area contributed by atoms with Gasteiger partial charge in [-0.1, -0.05) is 53.4 Å². The van der Waals surface area contributed by atoms with E-state index in [-0.39, 0.29) is 24.8 Å². The lowest BCUT2D eigenvalue weighted by atomic mass is 10.1. The number of nitrogens with zero attached hydrogens (tertiary/aromatic N) is 4. The fourth-order valence-corrected chi connectivity index (χ4v) is 5.19. The Morgan fingerprint density at radius 2 is 1.91 bits per heavy atom. The summed E-state index contributed by atoms with van der Waals surface area (Å²) in [6, 6.07) is 9.43. The molecule has 174 valence electrons. The highest BCUT2D eigenvalue weighted by Crippen LogP contribution is 2.25. The van der Waals surface area contributed by atoms with Gasteiger partial charge in [0.2, 0.25) is 0 Å². The normalized spacial score (nSPS) is 16.7. The number of hydrogen-bond acceptors (Lipinski definition) is 8. The summed E-state index contributed by atoms with van der Waals surface area (Å²) in [6.07, 6.45) is -0.0167. The molecule has 1 aliphatic rings. The Hall–Kier alpha value is -2.33. The van der Waals surface area contributed by atoms with Gasteiger partial charge in [-0.25, -0.2) is 9.59 Å². The van der Waals surface area contributed by atoms with Crippen LogP contribution in [-0.4, -0.2) is 69.2 Å². The van der Waals surface area contributed by atoms with E-state index in [1.807, 2.05) is 58.0 Å². The first-order valence-electron chi connectivity index (χ1n) is 10.6. The largest absolute Gasteiger partial charge is 0.445 e. The van der Waals surface area contributed by atoms with Gasteiger partial charge >= 0.3 is 12.2 Å². The number of piperazine rings is 1. The molecule has 8 nitrogen and oxygen atoms in total. The molecule has 1 aliphatic heterocycles. The van der Waals surface area contributed by atoms with Gasteiger partial charge < -0.3 is 19.3 Å². The fourth-order valence-electron chi connectivity index (χ4n) is 3.26. The van der Waals surface area contributed by atoms with Crippen molar-refractivity contribution in [3.05, 3.63) is 40.9 Å². The van der Waals surface area contributed by atoms with E-state index in [4.69, 9.17) is 9.47 Å². The van der Waals surface area contributed by atoms with Crippen molar-refractivity contribution in [1.29, 1.82) is 0 Å². The molecule has 1 aromatic heterocycles. The van der Waals surface area contributed by atoms with Gasteiger partial charge in [-0.2, -0.15) is 0 Å². The van der Waals surface area contributed by atoms with Crippen molar-refractivity contribution in [2.45, 2.75) is 56.7 Å². The van der Waals surface area contributed by atoms with Crippen LogP contribution in [-0.2, 0) is 16.1 Å². The van der Waals surface area contributed by atoms with Crippen LogP contribution in [0.25, 0.3) is 0 Å². The minimum absolute atomic E-state index is 0.163. The second-order valence-electron chi connectivity index (χ2n) is 8.54.